The molecular formula is C19H24N4O2. The average Bonchev–Trinajstić information content (AvgIpc) is 3.49. The molecular weight excluding hydrogens is 316 g/mol. The van der Waals surface area contributed by atoms with Crippen LogP contribution >= 0.6 is 0 Å². The highest BCUT2D eigenvalue weighted by Crippen LogP contribution is 2.27. The maximum absolute atomic E-state index is 12.4. The van der Waals surface area contributed by atoms with Gasteiger partial charge in [-0.2, -0.15) is 0 Å². The number of amides is 1. The second-order valence-corrected chi connectivity index (χ2v) is 7.01. The molecule has 0 N–H and O–H groups in total. The van der Waals surface area contributed by atoms with Crippen molar-refractivity contribution in [2.75, 3.05) is 26.2 Å². The van der Waals surface area contributed by atoms with E-state index in [4.69, 9.17) is 0 Å². The van der Waals surface area contributed by atoms with Crippen LogP contribution in [0.4, 0.5) is 0 Å². The number of hydrogen-bond acceptors (Lipinski definition) is 4. The van der Waals surface area contributed by atoms with E-state index in [0.717, 1.165) is 32.2 Å². The van der Waals surface area contributed by atoms with Gasteiger partial charge < -0.3 is 4.90 Å². The van der Waals surface area contributed by atoms with Crippen LogP contribution in [0.5, 0.6) is 0 Å². The lowest BCUT2D eigenvalue weighted by atomic mass is 10.2. The Morgan fingerprint density at radius 3 is 2.64 bits per heavy atom. The number of aromatic nitrogens is 2. The van der Waals surface area contributed by atoms with Gasteiger partial charge in [0.25, 0.3) is 5.56 Å². The van der Waals surface area contributed by atoms with Crippen molar-refractivity contribution in [1.29, 1.82) is 0 Å². The van der Waals surface area contributed by atoms with Gasteiger partial charge in [-0.3, -0.25) is 19.1 Å². The van der Waals surface area contributed by atoms with Crippen molar-refractivity contribution in [2.45, 2.75) is 38.3 Å². The predicted molar refractivity (Wildman–Crippen MR) is 96.4 cm³/mol. The van der Waals surface area contributed by atoms with Crippen molar-refractivity contribution in [3.8, 4) is 0 Å². The highest BCUT2D eigenvalue weighted by molar-refractivity contribution is 5.77. The molecule has 2 fully saturated rings. The van der Waals surface area contributed by atoms with Crippen LogP contribution in [0, 0.1) is 0 Å². The molecule has 6 nitrogen and oxygen atoms in total. The fourth-order valence-corrected chi connectivity index (χ4v) is 3.60. The molecule has 1 aromatic heterocycles. The van der Waals surface area contributed by atoms with E-state index >= 15 is 0 Å². The van der Waals surface area contributed by atoms with Gasteiger partial charge in [0.05, 0.1) is 17.2 Å². The summed E-state index contributed by atoms with van der Waals surface area (Å²) in [5.74, 6) is 0.206. The van der Waals surface area contributed by atoms with Crippen molar-refractivity contribution in [2.24, 2.45) is 0 Å². The Kier molecular flexibility index (Phi) is 4.53. The summed E-state index contributed by atoms with van der Waals surface area (Å²) in [5, 5.41) is 0.632. The normalized spacial score (nSPS) is 18.6. The number of rotatable bonds is 5. The lowest BCUT2D eigenvalue weighted by Gasteiger charge is -2.34. The summed E-state index contributed by atoms with van der Waals surface area (Å²) >= 11 is 0. The van der Waals surface area contributed by atoms with E-state index < -0.39 is 0 Å². The van der Waals surface area contributed by atoms with Crippen LogP contribution in [0.25, 0.3) is 10.9 Å². The summed E-state index contributed by atoms with van der Waals surface area (Å²) in [7, 11) is 0. The van der Waals surface area contributed by atoms with Gasteiger partial charge in [0.15, 0.2) is 0 Å². The van der Waals surface area contributed by atoms with E-state index in [1.54, 1.807) is 17.0 Å². The molecule has 0 radical (unpaired) electrons. The zero-order valence-electron chi connectivity index (χ0n) is 14.4. The number of piperazine rings is 1. The lowest BCUT2D eigenvalue weighted by molar-refractivity contribution is -0.133. The Morgan fingerprint density at radius 2 is 1.88 bits per heavy atom. The molecule has 0 atom stereocenters. The van der Waals surface area contributed by atoms with E-state index in [2.05, 4.69) is 9.88 Å². The Morgan fingerprint density at radius 1 is 1.12 bits per heavy atom. The summed E-state index contributed by atoms with van der Waals surface area (Å²) in [5.41, 5.74) is 0.685. The van der Waals surface area contributed by atoms with Crippen molar-refractivity contribution in [3.05, 3.63) is 40.9 Å². The molecule has 1 aliphatic carbocycles. The minimum atomic E-state index is -0.0314. The van der Waals surface area contributed by atoms with Gasteiger partial charge in [-0.1, -0.05) is 12.1 Å². The maximum Gasteiger partial charge on any atom is 0.261 e. The van der Waals surface area contributed by atoms with Crippen LogP contribution in [-0.4, -0.2) is 57.5 Å². The van der Waals surface area contributed by atoms with E-state index in [1.807, 2.05) is 23.1 Å². The fourth-order valence-electron chi connectivity index (χ4n) is 3.60. The third-order valence-corrected chi connectivity index (χ3v) is 5.25. The molecule has 1 amide bonds. The Bertz CT molecular complexity index is 820. The van der Waals surface area contributed by atoms with Crippen LogP contribution in [0.3, 0.4) is 0 Å². The minimum absolute atomic E-state index is 0.0314. The largest absolute Gasteiger partial charge is 0.340 e. The highest BCUT2D eigenvalue weighted by atomic mass is 16.2. The van der Waals surface area contributed by atoms with Crippen LogP contribution in [0.1, 0.15) is 25.7 Å². The molecule has 132 valence electrons. The van der Waals surface area contributed by atoms with E-state index in [9.17, 15) is 9.59 Å². The van der Waals surface area contributed by atoms with Crippen LogP contribution in [-0.2, 0) is 11.3 Å². The minimum Gasteiger partial charge on any atom is -0.340 e. The molecule has 0 bridgehead atoms. The average molecular weight is 340 g/mol. The summed E-state index contributed by atoms with van der Waals surface area (Å²) in [6, 6.07) is 8.14. The van der Waals surface area contributed by atoms with Crippen molar-refractivity contribution >= 4 is 16.8 Å². The number of hydrogen-bond donors (Lipinski definition) is 0. The van der Waals surface area contributed by atoms with Crippen LogP contribution in [0.2, 0.25) is 0 Å². The second-order valence-electron chi connectivity index (χ2n) is 7.01. The first-order valence-electron chi connectivity index (χ1n) is 9.18. The third-order valence-electron chi connectivity index (χ3n) is 5.25. The zero-order chi connectivity index (χ0) is 17.2. The SMILES string of the molecule is O=C(CCCn1cnc2ccccc2c1=O)N1CCN(C2CC2)CC1. The standard InChI is InChI=1S/C19H24N4O2/c24-18(22-12-10-21(11-13-22)15-7-8-15)6-3-9-23-14-20-17-5-2-1-4-16(17)19(23)25/h1-2,4-5,14-15H,3,6-13H2. The van der Waals surface area contributed by atoms with Crippen molar-refractivity contribution in [1.82, 2.24) is 19.4 Å². The smallest absolute Gasteiger partial charge is 0.261 e. The predicted octanol–water partition coefficient (Wildman–Crippen LogP) is 1.48. The van der Waals surface area contributed by atoms with Gasteiger partial charge in [-0.15, -0.1) is 0 Å². The Hall–Kier alpha value is -2.21. The third kappa shape index (κ3) is 3.58. The quantitative estimate of drug-likeness (QED) is 0.827. The van der Waals surface area contributed by atoms with Crippen LogP contribution in [0.15, 0.2) is 35.4 Å². The maximum atomic E-state index is 12.4. The van der Waals surface area contributed by atoms with Crippen molar-refractivity contribution < 1.29 is 4.79 Å². The molecule has 1 saturated heterocycles. The molecule has 2 aromatic rings. The first-order chi connectivity index (χ1) is 12.2. The number of fused-ring (bicyclic) bond motifs is 1. The van der Waals surface area contributed by atoms with Gasteiger partial charge in [0.2, 0.25) is 5.91 Å². The summed E-state index contributed by atoms with van der Waals surface area (Å²) in [6.45, 7) is 4.22. The molecule has 0 unspecified atom stereocenters. The number of carbonyl (C=O) groups is 1. The van der Waals surface area contributed by atoms with Gasteiger partial charge in [-0.25, -0.2) is 4.98 Å². The Labute approximate surface area is 147 Å². The van der Waals surface area contributed by atoms with Gasteiger partial charge in [-0.05, 0) is 31.4 Å². The monoisotopic (exact) mass is 340 g/mol. The second kappa shape index (κ2) is 6.96. The number of para-hydroxylation sites is 1. The molecule has 6 heteroatoms. The molecule has 0 spiro atoms. The molecule has 4 rings (SSSR count). The molecule has 1 saturated carbocycles. The summed E-state index contributed by atoms with van der Waals surface area (Å²) in [6.07, 6.45) is 5.39. The van der Waals surface area contributed by atoms with Gasteiger partial charge in [0.1, 0.15) is 0 Å². The first kappa shape index (κ1) is 16.3. The summed E-state index contributed by atoms with van der Waals surface area (Å²) < 4.78 is 1.61. The number of benzene rings is 1. The number of nitrogens with zero attached hydrogens (tertiary/aromatic N) is 4. The summed E-state index contributed by atoms with van der Waals surface area (Å²) in [4.78, 5) is 33.6. The first-order valence-corrected chi connectivity index (χ1v) is 9.18. The molecule has 1 aliphatic heterocycles. The fraction of sp³-hybridized carbons (Fsp3) is 0.526. The van der Waals surface area contributed by atoms with E-state index in [1.165, 1.54) is 12.8 Å². The van der Waals surface area contributed by atoms with Crippen molar-refractivity contribution in [3.63, 3.8) is 0 Å². The number of aryl methyl sites for hydroxylation is 1. The molecule has 1 aromatic carbocycles. The molecule has 2 heterocycles. The topological polar surface area (TPSA) is 58.4 Å². The Balaban J connectivity index is 1.29. The van der Waals surface area contributed by atoms with E-state index in [-0.39, 0.29) is 11.5 Å². The molecule has 2 aliphatic rings. The highest BCUT2D eigenvalue weighted by Gasteiger charge is 2.32. The van der Waals surface area contributed by atoms with Crippen LogP contribution < -0.4 is 5.56 Å². The zero-order valence-corrected chi connectivity index (χ0v) is 14.4. The lowest BCUT2D eigenvalue weighted by Crippen LogP contribution is -2.49. The van der Waals surface area contributed by atoms with E-state index in [0.29, 0.717) is 30.3 Å². The number of carbonyl (C=O) groups excluding carboxylic acids is 1. The van der Waals surface area contributed by atoms with Gasteiger partial charge >= 0.3 is 0 Å². The van der Waals surface area contributed by atoms with Gasteiger partial charge in [0, 0.05) is 45.2 Å². The molecule has 25 heavy (non-hydrogen) atoms.